The number of hydrogen-bond donors (Lipinski definition) is 1. The van der Waals surface area contributed by atoms with E-state index in [2.05, 4.69) is 17.2 Å². The molecule has 3 heterocycles. The normalized spacial score (nSPS) is 19.3. The molecule has 1 amide bonds. The molecule has 1 saturated heterocycles. The van der Waals surface area contributed by atoms with Gasteiger partial charge in [0.25, 0.3) is 5.91 Å². The molecule has 5 nitrogen and oxygen atoms in total. The fraction of sp³-hybridized carbons (Fsp3) is 0.429. The molecule has 0 aromatic carbocycles. The average Bonchev–Trinajstić information content (AvgIpc) is 3.06. The molecule has 20 heavy (non-hydrogen) atoms. The van der Waals surface area contributed by atoms with Crippen molar-refractivity contribution in [3.8, 4) is 10.8 Å². The van der Waals surface area contributed by atoms with Crippen LogP contribution in [0.3, 0.4) is 0 Å². The van der Waals surface area contributed by atoms with Crippen LogP contribution in [0, 0.1) is 6.92 Å². The monoisotopic (exact) mass is 291 g/mol. The Morgan fingerprint density at radius 3 is 3.10 bits per heavy atom. The molecule has 0 radical (unpaired) electrons. The number of carbonyl (C=O) groups is 1. The number of amides is 1. The van der Waals surface area contributed by atoms with Gasteiger partial charge in [0, 0.05) is 31.1 Å². The lowest BCUT2D eigenvalue weighted by molar-refractivity contribution is 0.0704. The van der Waals surface area contributed by atoms with E-state index in [-0.39, 0.29) is 5.91 Å². The molecule has 1 fully saturated rings. The van der Waals surface area contributed by atoms with E-state index in [0.29, 0.717) is 11.7 Å². The van der Waals surface area contributed by atoms with Gasteiger partial charge in [-0.05, 0) is 26.0 Å². The van der Waals surface area contributed by atoms with Crippen LogP contribution in [0.1, 0.15) is 23.2 Å². The molecule has 1 N–H and O–H groups in total. The predicted octanol–water partition coefficient (Wildman–Crippen LogP) is 2.15. The zero-order valence-corrected chi connectivity index (χ0v) is 12.4. The number of rotatable bonds is 2. The van der Waals surface area contributed by atoms with Gasteiger partial charge >= 0.3 is 0 Å². The molecule has 1 unspecified atom stereocenters. The third kappa shape index (κ3) is 2.62. The highest BCUT2D eigenvalue weighted by Gasteiger charge is 2.23. The molecule has 2 aromatic heterocycles. The Balaban J connectivity index is 1.77. The fourth-order valence-electron chi connectivity index (χ4n) is 2.31. The third-order valence-electron chi connectivity index (χ3n) is 3.33. The smallest absolute Gasteiger partial charge is 0.273 e. The lowest BCUT2D eigenvalue weighted by Crippen LogP contribution is -2.51. The van der Waals surface area contributed by atoms with Gasteiger partial charge in [0.1, 0.15) is 11.5 Å². The quantitative estimate of drug-likeness (QED) is 0.921. The summed E-state index contributed by atoms with van der Waals surface area (Å²) >= 11 is 1.44. The van der Waals surface area contributed by atoms with Gasteiger partial charge in [-0.15, -0.1) is 11.3 Å². The van der Waals surface area contributed by atoms with E-state index in [0.717, 1.165) is 36.2 Å². The molecule has 1 aliphatic heterocycles. The van der Waals surface area contributed by atoms with Crippen molar-refractivity contribution in [2.45, 2.75) is 19.9 Å². The van der Waals surface area contributed by atoms with E-state index < -0.39 is 0 Å². The first kappa shape index (κ1) is 13.3. The zero-order valence-electron chi connectivity index (χ0n) is 11.5. The number of nitrogens with one attached hydrogen (secondary N) is 1. The van der Waals surface area contributed by atoms with Crippen LogP contribution in [0.5, 0.6) is 0 Å². The summed E-state index contributed by atoms with van der Waals surface area (Å²) in [5.41, 5.74) is 0.508. The van der Waals surface area contributed by atoms with Crippen molar-refractivity contribution < 1.29 is 9.21 Å². The van der Waals surface area contributed by atoms with Crippen LogP contribution in [0.25, 0.3) is 10.8 Å². The first-order valence-corrected chi connectivity index (χ1v) is 7.56. The standard InChI is InChI=1S/C14H17N3O2S/c1-9-7-17(6-5-15-9)14(18)11-8-20-13(16-11)12-4-3-10(2)19-12/h3-4,8-9,15H,5-7H2,1-2H3. The van der Waals surface area contributed by atoms with Crippen molar-refractivity contribution in [3.63, 3.8) is 0 Å². The highest BCUT2D eigenvalue weighted by Crippen LogP contribution is 2.26. The first-order chi connectivity index (χ1) is 9.63. The first-order valence-electron chi connectivity index (χ1n) is 6.68. The number of piperazine rings is 1. The Hall–Kier alpha value is -1.66. The maximum absolute atomic E-state index is 12.4. The second-order valence-electron chi connectivity index (χ2n) is 5.05. The maximum Gasteiger partial charge on any atom is 0.273 e. The van der Waals surface area contributed by atoms with E-state index >= 15 is 0 Å². The van der Waals surface area contributed by atoms with Crippen LogP contribution in [-0.2, 0) is 0 Å². The van der Waals surface area contributed by atoms with Gasteiger partial charge in [-0.2, -0.15) is 0 Å². The minimum atomic E-state index is 0.00382. The second kappa shape index (κ2) is 5.38. The van der Waals surface area contributed by atoms with Gasteiger partial charge in [0.05, 0.1) is 0 Å². The number of furan rings is 1. The molecule has 0 aliphatic carbocycles. The average molecular weight is 291 g/mol. The summed E-state index contributed by atoms with van der Waals surface area (Å²) in [5, 5.41) is 5.89. The lowest BCUT2D eigenvalue weighted by atomic mass is 10.2. The SMILES string of the molecule is Cc1ccc(-c2nc(C(=O)N3CCNC(C)C3)cs2)o1. The van der Waals surface area contributed by atoms with Crippen LogP contribution in [0.2, 0.25) is 0 Å². The van der Waals surface area contributed by atoms with Crippen molar-refractivity contribution >= 4 is 17.2 Å². The minimum absolute atomic E-state index is 0.00382. The highest BCUT2D eigenvalue weighted by atomic mass is 32.1. The molecular weight excluding hydrogens is 274 g/mol. The van der Waals surface area contributed by atoms with Gasteiger partial charge in [-0.1, -0.05) is 0 Å². The van der Waals surface area contributed by atoms with E-state index in [9.17, 15) is 4.79 Å². The summed E-state index contributed by atoms with van der Waals surface area (Å²) in [6.07, 6.45) is 0. The number of nitrogens with zero attached hydrogens (tertiary/aromatic N) is 2. The van der Waals surface area contributed by atoms with Gasteiger partial charge in [0.15, 0.2) is 10.8 Å². The van der Waals surface area contributed by atoms with E-state index in [1.54, 1.807) is 0 Å². The molecule has 6 heteroatoms. The summed E-state index contributed by atoms with van der Waals surface area (Å²) in [6.45, 7) is 6.27. The van der Waals surface area contributed by atoms with Gasteiger partial charge < -0.3 is 14.6 Å². The molecule has 0 bridgehead atoms. The zero-order chi connectivity index (χ0) is 14.1. The Morgan fingerprint density at radius 1 is 1.55 bits per heavy atom. The van der Waals surface area contributed by atoms with Crippen molar-refractivity contribution in [2.24, 2.45) is 0 Å². The number of carbonyl (C=O) groups excluding carboxylic acids is 1. The van der Waals surface area contributed by atoms with E-state index in [4.69, 9.17) is 4.42 Å². The molecule has 1 atom stereocenters. The van der Waals surface area contributed by atoms with E-state index in [1.807, 2.05) is 29.3 Å². The fourth-order valence-corrected chi connectivity index (χ4v) is 3.07. The third-order valence-corrected chi connectivity index (χ3v) is 4.19. The Kier molecular flexibility index (Phi) is 3.58. The summed E-state index contributed by atoms with van der Waals surface area (Å²) in [6, 6.07) is 4.12. The molecule has 0 spiro atoms. The van der Waals surface area contributed by atoms with Gasteiger partial charge in [0.2, 0.25) is 0 Å². The predicted molar refractivity (Wildman–Crippen MR) is 77.9 cm³/mol. The number of thiazole rings is 1. The van der Waals surface area contributed by atoms with Gasteiger partial charge in [-0.25, -0.2) is 4.98 Å². The van der Waals surface area contributed by atoms with E-state index in [1.165, 1.54) is 11.3 Å². The van der Waals surface area contributed by atoms with Gasteiger partial charge in [-0.3, -0.25) is 4.79 Å². The Bertz CT molecular complexity index is 619. The summed E-state index contributed by atoms with van der Waals surface area (Å²) < 4.78 is 5.54. The Morgan fingerprint density at radius 2 is 2.40 bits per heavy atom. The molecule has 0 saturated carbocycles. The summed E-state index contributed by atoms with van der Waals surface area (Å²) in [4.78, 5) is 18.7. The molecule has 3 rings (SSSR count). The number of aromatic nitrogens is 1. The van der Waals surface area contributed by atoms with Crippen LogP contribution in [-0.4, -0.2) is 41.5 Å². The highest BCUT2D eigenvalue weighted by molar-refractivity contribution is 7.13. The summed E-state index contributed by atoms with van der Waals surface area (Å²) in [7, 11) is 0. The molecule has 2 aromatic rings. The minimum Gasteiger partial charge on any atom is -0.459 e. The number of hydrogen-bond acceptors (Lipinski definition) is 5. The second-order valence-corrected chi connectivity index (χ2v) is 5.91. The van der Waals surface area contributed by atoms with Crippen molar-refractivity contribution in [2.75, 3.05) is 19.6 Å². The van der Waals surface area contributed by atoms with Crippen LogP contribution in [0.4, 0.5) is 0 Å². The van der Waals surface area contributed by atoms with Crippen LogP contribution >= 0.6 is 11.3 Å². The van der Waals surface area contributed by atoms with Crippen molar-refractivity contribution in [1.82, 2.24) is 15.2 Å². The van der Waals surface area contributed by atoms with Crippen LogP contribution in [0.15, 0.2) is 21.9 Å². The lowest BCUT2D eigenvalue weighted by Gasteiger charge is -2.31. The van der Waals surface area contributed by atoms with Crippen molar-refractivity contribution in [3.05, 3.63) is 29.0 Å². The molecular formula is C14H17N3O2S. The Labute approximate surface area is 121 Å². The van der Waals surface area contributed by atoms with Crippen molar-refractivity contribution in [1.29, 1.82) is 0 Å². The molecule has 1 aliphatic rings. The topological polar surface area (TPSA) is 58.4 Å². The maximum atomic E-state index is 12.4. The summed E-state index contributed by atoms with van der Waals surface area (Å²) in [5.74, 6) is 1.57. The largest absolute Gasteiger partial charge is 0.459 e. The number of aryl methyl sites for hydroxylation is 1. The van der Waals surface area contributed by atoms with Crippen LogP contribution < -0.4 is 5.32 Å². The molecule has 106 valence electrons.